The van der Waals surface area contributed by atoms with E-state index in [1.54, 1.807) is 30.3 Å². The van der Waals surface area contributed by atoms with Gasteiger partial charge < -0.3 is 14.8 Å². The lowest BCUT2D eigenvalue weighted by atomic mass is 10.1. The Balaban J connectivity index is 1.81. The van der Waals surface area contributed by atoms with Crippen LogP contribution in [0.2, 0.25) is 0 Å². The van der Waals surface area contributed by atoms with Gasteiger partial charge in [0.2, 0.25) is 0 Å². The van der Waals surface area contributed by atoms with Gasteiger partial charge in [0.05, 0.1) is 11.6 Å². The van der Waals surface area contributed by atoms with Crippen LogP contribution in [0.4, 0.5) is 5.69 Å². The van der Waals surface area contributed by atoms with Crippen LogP contribution >= 0.6 is 0 Å². The van der Waals surface area contributed by atoms with Gasteiger partial charge in [-0.2, -0.15) is 5.26 Å². The average molecular weight is 352 g/mol. The number of benzene rings is 2. The number of amides is 1. The number of rotatable bonds is 6. The van der Waals surface area contributed by atoms with E-state index in [1.807, 2.05) is 32.0 Å². The van der Waals surface area contributed by atoms with E-state index in [9.17, 15) is 9.59 Å². The average Bonchev–Trinajstić information content (AvgIpc) is 2.63. The Morgan fingerprint density at radius 3 is 2.42 bits per heavy atom. The Morgan fingerprint density at radius 1 is 1.12 bits per heavy atom. The molecule has 6 nitrogen and oxygen atoms in total. The van der Waals surface area contributed by atoms with Crippen molar-refractivity contribution in [3.63, 3.8) is 0 Å². The minimum Gasteiger partial charge on any atom is -0.479 e. The summed E-state index contributed by atoms with van der Waals surface area (Å²) in [6.07, 6.45) is -0.877. The van der Waals surface area contributed by atoms with E-state index in [1.165, 1.54) is 6.92 Å². The highest BCUT2D eigenvalue weighted by Gasteiger charge is 2.18. The normalized spacial score (nSPS) is 11.2. The van der Waals surface area contributed by atoms with E-state index in [0.29, 0.717) is 17.0 Å². The van der Waals surface area contributed by atoms with Crippen LogP contribution in [0, 0.1) is 25.2 Å². The zero-order valence-electron chi connectivity index (χ0n) is 14.9. The third-order valence-electron chi connectivity index (χ3n) is 3.76. The number of nitrogens with zero attached hydrogens (tertiary/aromatic N) is 1. The first-order chi connectivity index (χ1) is 12.4. The molecule has 134 valence electrons. The van der Waals surface area contributed by atoms with Gasteiger partial charge in [0.1, 0.15) is 5.75 Å². The van der Waals surface area contributed by atoms with Gasteiger partial charge in [-0.25, -0.2) is 4.79 Å². The first-order valence-corrected chi connectivity index (χ1v) is 8.09. The molecule has 0 bridgehead atoms. The second kappa shape index (κ2) is 8.67. The summed E-state index contributed by atoms with van der Waals surface area (Å²) in [5, 5.41) is 11.4. The van der Waals surface area contributed by atoms with E-state index in [2.05, 4.69) is 5.32 Å². The van der Waals surface area contributed by atoms with Crippen LogP contribution in [0.3, 0.4) is 0 Å². The van der Waals surface area contributed by atoms with E-state index < -0.39 is 24.6 Å². The predicted octanol–water partition coefficient (Wildman–Crippen LogP) is 3.12. The van der Waals surface area contributed by atoms with Crippen molar-refractivity contribution in [3.8, 4) is 11.8 Å². The number of hydrogen-bond acceptors (Lipinski definition) is 5. The van der Waals surface area contributed by atoms with Crippen molar-refractivity contribution in [1.29, 1.82) is 5.26 Å². The summed E-state index contributed by atoms with van der Waals surface area (Å²) in [6, 6.07) is 13.9. The summed E-state index contributed by atoms with van der Waals surface area (Å²) in [4.78, 5) is 23.9. The highest BCUT2D eigenvalue weighted by Crippen LogP contribution is 2.15. The van der Waals surface area contributed by atoms with Gasteiger partial charge in [-0.15, -0.1) is 0 Å². The maximum atomic E-state index is 11.9. The molecule has 26 heavy (non-hydrogen) atoms. The zero-order chi connectivity index (χ0) is 19.1. The van der Waals surface area contributed by atoms with Crippen LogP contribution < -0.4 is 10.1 Å². The third kappa shape index (κ3) is 5.35. The maximum Gasteiger partial charge on any atom is 0.347 e. The second-order valence-corrected chi connectivity index (χ2v) is 5.85. The molecular formula is C20H20N2O4. The van der Waals surface area contributed by atoms with Gasteiger partial charge in [-0.05, 0) is 68.3 Å². The topological polar surface area (TPSA) is 88.4 Å². The van der Waals surface area contributed by atoms with Gasteiger partial charge in [0, 0.05) is 5.69 Å². The molecule has 0 saturated carbocycles. The molecule has 1 N–H and O–H groups in total. The van der Waals surface area contributed by atoms with Gasteiger partial charge in [-0.1, -0.05) is 6.07 Å². The lowest BCUT2D eigenvalue weighted by Gasteiger charge is -2.14. The molecule has 0 aliphatic heterocycles. The van der Waals surface area contributed by atoms with Gasteiger partial charge in [0.15, 0.2) is 12.7 Å². The first-order valence-electron chi connectivity index (χ1n) is 8.09. The lowest BCUT2D eigenvalue weighted by molar-refractivity contribution is -0.153. The highest BCUT2D eigenvalue weighted by atomic mass is 16.6. The summed E-state index contributed by atoms with van der Waals surface area (Å²) in [6.45, 7) is 5.07. The van der Waals surface area contributed by atoms with Crippen molar-refractivity contribution in [2.45, 2.75) is 26.9 Å². The van der Waals surface area contributed by atoms with Crippen molar-refractivity contribution < 1.29 is 19.1 Å². The van der Waals surface area contributed by atoms with Crippen LogP contribution in [0.15, 0.2) is 42.5 Å². The van der Waals surface area contributed by atoms with Crippen LogP contribution in [0.5, 0.6) is 5.75 Å². The van der Waals surface area contributed by atoms with Gasteiger partial charge in [-0.3, -0.25) is 4.79 Å². The number of ether oxygens (including phenoxy) is 2. The fourth-order valence-electron chi connectivity index (χ4n) is 2.13. The van der Waals surface area contributed by atoms with Crippen molar-refractivity contribution in [3.05, 3.63) is 59.2 Å². The van der Waals surface area contributed by atoms with Gasteiger partial charge >= 0.3 is 5.97 Å². The van der Waals surface area contributed by atoms with E-state index in [0.717, 1.165) is 11.1 Å². The SMILES string of the molecule is Cc1ccc(NC(=O)COC(=O)C(C)Oc2ccc(C#N)cc2)cc1C. The molecule has 0 aliphatic carbocycles. The lowest BCUT2D eigenvalue weighted by Crippen LogP contribution is -2.29. The summed E-state index contributed by atoms with van der Waals surface area (Å²) in [5.74, 6) is -0.634. The minimum atomic E-state index is -0.877. The molecule has 1 atom stereocenters. The number of anilines is 1. The Morgan fingerprint density at radius 2 is 1.81 bits per heavy atom. The monoisotopic (exact) mass is 352 g/mol. The van der Waals surface area contributed by atoms with Crippen molar-refractivity contribution in [2.75, 3.05) is 11.9 Å². The molecule has 1 amide bonds. The summed E-state index contributed by atoms with van der Waals surface area (Å²) < 4.78 is 10.4. The third-order valence-corrected chi connectivity index (χ3v) is 3.76. The molecule has 0 aliphatic rings. The molecule has 0 aromatic heterocycles. The summed E-state index contributed by atoms with van der Waals surface area (Å²) in [7, 11) is 0. The van der Waals surface area contributed by atoms with E-state index in [4.69, 9.17) is 14.7 Å². The zero-order valence-corrected chi connectivity index (χ0v) is 14.9. The number of nitrogens with one attached hydrogen (secondary N) is 1. The fraction of sp³-hybridized carbons (Fsp3) is 0.250. The Labute approximate surface area is 152 Å². The quantitative estimate of drug-likeness (QED) is 0.807. The fourth-order valence-corrected chi connectivity index (χ4v) is 2.13. The first kappa shape index (κ1) is 19.0. The Kier molecular flexibility index (Phi) is 6.34. The second-order valence-electron chi connectivity index (χ2n) is 5.85. The molecule has 0 heterocycles. The number of aryl methyl sites for hydroxylation is 2. The van der Waals surface area contributed by atoms with E-state index >= 15 is 0 Å². The molecule has 2 rings (SSSR count). The van der Waals surface area contributed by atoms with Gasteiger partial charge in [0.25, 0.3) is 5.91 Å². The van der Waals surface area contributed by atoms with Crippen LogP contribution in [0.25, 0.3) is 0 Å². The minimum absolute atomic E-state index is 0.396. The molecule has 0 spiro atoms. The van der Waals surface area contributed by atoms with Crippen LogP contribution in [-0.2, 0) is 14.3 Å². The van der Waals surface area contributed by atoms with Crippen LogP contribution in [-0.4, -0.2) is 24.6 Å². The number of hydrogen-bond donors (Lipinski definition) is 1. The number of nitriles is 1. The summed E-state index contributed by atoms with van der Waals surface area (Å²) in [5.41, 5.74) is 3.33. The molecule has 2 aromatic carbocycles. The standard InChI is InChI=1S/C20H20N2O4/c1-13-4-7-17(10-14(13)2)22-19(23)12-25-20(24)15(3)26-18-8-5-16(11-21)6-9-18/h4-10,15H,12H2,1-3H3,(H,22,23). The number of carbonyl (C=O) groups is 2. The molecule has 0 saturated heterocycles. The Hall–Kier alpha value is -3.33. The van der Waals surface area contributed by atoms with Crippen molar-refractivity contribution in [2.24, 2.45) is 0 Å². The number of carbonyl (C=O) groups excluding carboxylic acids is 2. The molecular weight excluding hydrogens is 332 g/mol. The molecule has 6 heteroatoms. The molecule has 1 unspecified atom stereocenters. The molecule has 0 fully saturated rings. The predicted molar refractivity (Wildman–Crippen MR) is 96.8 cm³/mol. The molecule has 0 radical (unpaired) electrons. The van der Waals surface area contributed by atoms with E-state index in [-0.39, 0.29) is 0 Å². The van der Waals surface area contributed by atoms with Crippen molar-refractivity contribution >= 4 is 17.6 Å². The van der Waals surface area contributed by atoms with Crippen molar-refractivity contribution in [1.82, 2.24) is 0 Å². The smallest absolute Gasteiger partial charge is 0.347 e. The largest absolute Gasteiger partial charge is 0.479 e. The summed E-state index contributed by atoms with van der Waals surface area (Å²) >= 11 is 0. The molecule has 2 aromatic rings. The number of esters is 1. The Bertz CT molecular complexity index is 838. The highest BCUT2D eigenvalue weighted by molar-refractivity contribution is 5.93. The maximum absolute atomic E-state index is 11.9. The van der Waals surface area contributed by atoms with Crippen LogP contribution in [0.1, 0.15) is 23.6 Å².